The van der Waals surface area contributed by atoms with Gasteiger partial charge in [-0.15, -0.1) is 4.91 Å². The number of hydrogen-bond acceptors (Lipinski definition) is 3. The van der Waals surface area contributed by atoms with Crippen LogP contribution in [-0.4, -0.2) is 7.11 Å². The van der Waals surface area contributed by atoms with Crippen molar-refractivity contribution in [3.63, 3.8) is 0 Å². The molecule has 58 valence electrons. The average molecular weight is 155 g/mol. The molecule has 3 nitrogen and oxygen atoms in total. The molecule has 0 fully saturated rings. The molecule has 0 saturated heterocycles. The number of nitroso groups, excluding NO2 is 1. The van der Waals surface area contributed by atoms with Crippen LogP contribution < -0.4 is 4.74 Å². The predicted octanol–water partition coefficient (Wildman–Crippen LogP) is 2.23. The topological polar surface area (TPSA) is 38.7 Å². The van der Waals surface area contributed by atoms with Crippen molar-refractivity contribution in [1.82, 2.24) is 0 Å². The molecule has 0 atom stereocenters. The first-order valence-corrected chi connectivity index (χ1v) is 2.95. The zero-order valence-electron chi connectivity index (χ0n) is 5.87. The Kier molecular flexibility index (Phi) is 2.15. The lowest BCUT2D eigenvalue weighted by atomic mass is 10.3. The van der Waals surface area contributed by atoms with Crippen molar-refractivity contribution in [3.05, 3.63) is 28.9 Å². The zero-order chi connectivity index (χ0) is 8.27. The van der Waals surface area contributed by atoms with Gasteiger partial charge < -0.3 is 4.74 Å². The molecule has 0 unspecified atom stereocenters. The van der Waals surface area contributed by atoms with Gasteiger partial charge in [-0.1, -0.05) is 6.07 Å². The minimum Gasteiger partial charge on any atom is -0.494 e. The molecule has 0 amide bonds. The smallest absolute Gasteiger partial charge is 0.185 e. The molecule has 0 aliphatic rings. The number of ether oxygens (including phenoxy) is 1. The summed E-state index contributed by atoms with van der Waals surface area (Å²) in [5.74, 6) is -0.514. The van der Waals surface area contributed by atoms with Gasteiger partial charge in [0, 0.05) is 0 Å². The Hall–Kier alpha value is -1.45. The summed E-state index contributed by atoms with van der Waals surface area (Å²) in [6.07, 6.45) is 0. The van der Waals surface area contributed by atoms with Gasteiger partial charge in [-0.2, -0.15) is 0 Å². The highest BCUT2D eigenvalue weighted by Crippen LogP contribution is 2.29. The lowest BCUT2D eigenvalue weighted by Gasteiger charge is -2.00. The number of methoxy groups -OCH3 is 1. The van der Waals surface area contributed by atoms with Crippen LogP contribution in [0.3, 0.4) is 0 Å². The molecule has 1 aromatic carbocycles. The van der Waals surface area contributed by atoms with Gasteiger partial charge in [0.2, 0.25) is 0 Å². The fraction of sp³-hybridized carbons (Fsp3) is 0.143. The predicted molar refractivity (Wildman–Crippen MR) is 38.4 cm³/mol. The van der Waals surface area contributed by atoms with Crippen molar-refractivity contribution >= 4 is 5.69 Å². The molecule has 0 N–H and O–H groups in total. The second kappa shape index (κ2) is 3.09. The van der Waals surface area contributed by atoms with Crippen molar-refractivity contribution in [3.8, 4) is 5.75 Å². The summed E-state index contributed by atoms with van der Waals surface area (Å²) in [7, 11) is 1.35. The third-order valence-electron chi connectivity index (χ3n) is 1.26. The summed E-state index contributed by atoms with van der Waals surface area (Å²) < 4.78 is 17.3. The van der Waals surface area contributed by atoms with Crippen molar-refractivity contribution in [2.75, 3.05) is 7.11 Å². The Labute approximate surface area is 62.8 Å². The van der Waals surface area contributed by atoms with E-state index in [-0.39, 0.29) is 11.4 Å². The summed E-state index contributed by atoms with van der Waals surface area (Å²) in [5, 5.41) is 2.49. The lowest BCUT2D eigenvalue weighted by Crippen LogP contribution is -1.84. The van der Waals surface area contributed by atoms with Gasteiger partial charge >= 0.3 is 0 Å². The Balaban J connectivity index is 3.24. The van der Waals surface area contributed by atoms with E-state index in [0.717, 1.165) is 6.07 Å². The molecule has 0 saturated carbocycles. The van der Waals surface area contributed by atoms with Crippen LogP contribution in [0.25, 0.3) is 0 Å². The van der Waals surface area contributed by atoms with Gasteiger partial charge in [0.15, 0.2) is 17.3 Å². The van der Waals surface area contributed by atoms with E-state index < -0.39 is 5.82 Å². The molecular weight excluding hydrogens is 149 g/mol. The first-order valence-electron chi connectivity index (χ1n) is 2.95. The third kappa shape index (κ3) is 1.34. The molecular formula is C7H6FNO2. The maximum absolute atomic E-state index is 12.7. The standard InChI is InChI=1S/C7H6FNO2/c1-11-6-4-2-3-5(8)7(6)9-10/h2-4H,1H3. The van der Waals surface area contributed by atoms with E-state index in [1.165, 1.54) is 19.2 Å². The normalized spacial score (nSPS) is 9.27. The van der Waals surface area contributed by atoms with Crippen LogP contribution in [0.5, 0.6) is 5.75 Å². The molecule has 0 aliphatic carbocycles. The van der Waals surface area contributed by atoms with Gasteiger partial charge in [0.1, 0.15) is 0 Å². The van der Waals surface area contributed by atoms with Gasteiger partial charge in [0.25, 0.3) is 0 Å². The molecule has 1 rings (SSSR count). The quantitative estimate of drug-likeness (QED) is 0.614. The summed E-state index contributed by atoms with van der Waals surface area (Å²) in [4.78, 5) is 10.0. The van der Waals surface area contributed by atoms with Crippen LogP contribution in [0.1, 0.15) is 0 Å². The van der Waals surface area contributed by atoms with Gasteiger partial charge in [-0.25, -0.2) is 4.39 Å². The highest BCUT2D eigenvalue weighted by atomic mass is 19.1. The zero-order valence-corrected chi connectivity index (χ0v) is 5.87. The molecule has 0 aliphatic heterocycles. The van der Waals surface area contributed by atoms with Crippen LogP contribution in [0, 0.1) is 10.7 Å². The fourth-order valence-electron chi connectivity index (χ4n) is 0.749. The first-order chi connectivity index (χ1) is 5.29. The van der Waals surface area contributed by atoms with Crippen molar-refractivity contribution in [1.29, 1.82) is 0 Å². The Morgan fingerprint density at radius 1 is 1.55 bits per heavy atom. The average Bonchev–Trinajstić information content (AvgIpc) is 2.04. The number of rotatable bonds is 2. The van der Waals surface area contributed by atoms with Crippen LogP contribution in [0.15, 0.2) is 23.4 Å². The highest BCUT2D eigenvalue weighted by Gasteiger charge is 2.07. The van der Waals surface area contributed by atoms with Crippen LogP contribution >= 0.6 is 0 Å². The van der Waals surface area contributed by atoms with Crippen LogP contribution in [-0.2, 0) is 0 Å². The molecule has 0 radical (unpaired) electrons. The second-order valence-corrected chi connectivity index (χ2v) is 1.88. The molecule has 4 heteroatoms. The Morgan fingerprint density at radius 2 is 2.27 bits per heavy atom. The SMILES string of the molecule is COc1cccc(F)c1N=O. The molecule has 0 aromatic heterocycles. The van der Waals surface area contributed by atoms with Gasteiger partial charge in [-0.3, -0.25) is 0 Å². The van der Waals surface area contributed by atoms with E-state index in [0.29, 0.717) is 0 Å². The van der Waals surface area contributed by atoms with Gasteiger partial charge in [0.05, 0.1) is 7.11 Å². The van der Waals surface area contributed by atoms with Crippen LogP contribution in [0.4, 0.5) is 10.1 Å². The number of nitrogens with zero attached hydrogens (tertiary/aromatic N) is 1. The third-order valence-corrected chi connectivity index (χ3v) is 1.26. The summed E-state index contributed by atoms with van der Waals surface area (Å²) in [6, 6.07) is 4.07. The maximum atomic E-state index is 12.7. The maximum Gasteiger partial charge on any atom is 0.185 e. The first kappa shape index (κ1) is 7.65. The van der Waals surface area contributed by atoms with E-state index in [1.807, 2.05) is 0 Å². The van der Waals surface area contributed by atoms with E-state index >= 15 is 0 Å². The Bertz CT molecular complexity index is 275. The van der Waals surface area contributed by atoms with Crippen LogP contribution in [0.2, 0.25) is 0 Å². The summed E-state index contributed by atoms with van der Waals surface area (Å²) in [6.45, 7) is 0. The minimum absolute atomic E-state index is 0.153. The summed E-state index contributed by atoms with van der Waals surface area (Å²) >= 11 is 0. The van der Waals surface area contributed by atoms with Crippen molar-refractivity contribution in [2.45, 2.75) is 0 Å². The van der Waals surface area contributed by atoms with E-state index in [4.69, 9.17) is 0 Å². The highest BCUT2D eigenvalue weighted by molar-refractivity contribution is 5.52. The molecule has 11 heavy (non-hydrogen) atoms. The van der Waals surface area contributed by atoms with E-state index in [2.05, 4.69) is 9.91 Å². The monoisotopic (exact) mass is 155 g/mol. The van der Waals surface area contributed by atoms with Crippen molar-refractivity contribution in [2.24, 2.45) is 5.18 Å². The molecule has 0 bridgehead atoms. The molecule has 1 aromatic rings. The largest absolute Gasteiger partial charge is 0.494 e. The molecule has 0 spiro atoms. The van der Waals surface area contributed by atoms with Gasteiger partial charge in [-0.05, 0) is 17.3 Å². The summed E-state index contributed by atoms with van der Waals surface area (Å²) in [5.41, 5.74) is -0.282. The van der Waals surface area contributed by atoms with E-state index in [9.17, 15) is 9.30 Å². The molecule has 0 heterocycles. The lowest BCUT2D eigenvalue weighted by molar-refractivity contribution is 0.413. The minimum atomic E-state index is -0.667. The number of halogens is 1. The number of benzene rings is 1. The number of hydrogen-bond donors (Lipinski definition) is 0. The fourth-order valence-corrected chi connectivity index (χ4v) is 0.749. The van der Waals surface area contributed by atoms with Crippen molar-refractivity contribution < 1.29 is 9.13 Å². The Morgan fingerprint density at radius 3 is 2.73 bits per heavy atom. The second-order valence-electron chi connectivity index (χ2n) is 1.88. The van der Waals surface area contributed by atoms with E-state index in [1.54, 1.807) is 0 Å².